The van der Waals surface area contributed by atoms with Crippen LogP contribution in [0.15, 0.2) is 12.3 Å². The zero-order valence-electron chi connectivity index (χ0n) is 8.50. The van der Waals surface area contributed by atoms with Crippen molar-refractivity contribution in [3.63, 3.8) is 0 Å². The van der Waals surface area contributed by atoms with E-state index >= 15 is 0 Å². The molecule has 0 aliphatic heterocycles. The van der Waals surface area contributed by atoms with E-state index in [0.717, 1.165) is 5.56 Å². The van der Waals surface area contributed by atoms with E-state index in [9.17, 15) is 9.59 Å². The van der Waals surface area contributed by atoms with Gasteiger partial charge in [0.05, 0.1) is 12.1 Å². The number of anilines is 1. The molecule has 0 aliphatic carbocycles. The minimum atomic E-state index is -0.375. The van der Waals surface area contributed by atoms with E-state index in [2.05, 4.69) is 10.3 Å². The molecule has 1 N–H and O–H groups in total. The number of nitrogens with zero attached hydrogens (tertiary/aromatic N) is 1. The molecule has 1 aromatic heterocycles. The predicted octanol–water partition coefficient (Wildman–Crippen LogP) is 1.96. The van der Waals surface area contributed by atoms with Crippen molar-refractivity contribution in [2.45, 2.75) is 20.3 Å². The minimum absolute atomic E-state index is 0.148. The largest absolute Gasteiger partial charge is 0.323 e. The molecule has 0 atom stereocenters. The SMILES string of the molecule is CC(=O)CC(=O)Nc1c(C)ccnc1Cl. The number of Topliss-reactive ketones (excluding diaryl/α,β-unsaturated/α-hetero) is 1. The van der Waals surface area contributed by atoms with Crippen LogP contribution in [0.4, 0.5) is 5.69 Å². The lowest BCUT2D eigenvalue weighted by atomic mass is 10.2. The topological polar surface area (TPSA) is 59.1 Å². The third kappa shape index (κ3) is 3.32. The number of pyridine rings is 1. The molecule has 0 fully saturated rings. The smallest absolute Gasteiger partial charge is 0.231 e. The summed E-state index contributed by atoms with van der Waals surface area (Å²) in [6, 6.07) is 1.73. The number of rotatable bonds is 3. The van der Waals surface area contributed by atoms with Crippen LogP contribution in [0.25, 0.3) is 0 Å². The zero-order valence-corrected chi connectivity index (χ0v) is 9.26. The maximum absolute atomic E-state index is 11.3. The second-order valence-electron chi connectivity index (χ2n) is 3.22. The van der Waals surface area contributed by atoms with Gasteiger partial charge in [-0.3, -0.25) is 9.59 Å². The second-order valence-corrected chi connectivity index (χ2v) is 3.58. The van der Waals surface area contributed by atoms with Crippen LogP contribution in [0.1, 0.15) is 18.9 Å². The van der Waals surface area contributed by atoms with E-state index in [1.807, 2.05) is 0 Å². The van der Waals surface area contributed by atoms with Crippen molar-refractivity contribution in [3.05, 3.63) is 23.0 Å². The Bertz CT molecular complexity index is 384. The van der Waals surface area contributed by atoms with Crippen LogP contribution in [0.5, 0.6) is 0 Å². The third-order valence-corrected chi connectivity index (χ3v) is 2.07. The van der Waals surface area contributed by atoms with Gasteiger partial charge in [-0.05, 0) is 25.5 Å². The monoisotopic (exact) mass is 226 g/mol. The Morgan fingerprint density at radius 2 is 2.20 bits per heavy atom. The van der Waals surface area contributed by atoms with Crippen LogP contribution in [0, 0.1) is 6.92 Å². The third-order valence-electron chi connectivity index (χ3n) is 1.79. The number of amides is 1. The highest BCUT2D eigenvalue weighted by atomic mass is 35.5. The number of aryl methyl sites for hydroxylation is 1. The molecule has 0 spiro atoms. The van der Waals surface area contributed by atoms with Crippen LogP contribution < -0.4 is 5.32 Å². The van der Waals surface area contributed by atoms with Gasteiger partial charge in [-0.25, -0.2) is 4.98 Å². The van der Waals surface area contributed by atoms with Crippen LogP contribution in [0.2, 0.25) is 5.15 Å². The molecule has 0 bridgehead atoms. The number of carbonyl (C=O) groups excluding carboxylic acids is 2. The lowest BCUT2D eigenvalue weighted by Gasteiger charge is -2.08. The van der Waals surface area contributed by atoms with Gasteiger partial charge in [0.15, 0.2) is 5.15 Å². The average molecular weight is 227 g/mol. The lowest BCUT2D eigenvalue weighted by molar-refractivity contribution is -0.124. The standard InChI is InChI=1S/C10H11ClN2O2/c1-6-3-4-12-10(11)9(6)13-8(15)5-7(2)14/h3-4H,5H2,1-2H3,(H,13,15). The Morgan fingerprint density at radius 3 is 2.73 bits per heavy atom. The van der Waals surface area contributed by atoms with Crippen molar-refractivity contribution < 1.29 is 9.59 Å². The van der Waals surface area contributed by atoms with Crippen LogP contribution in [-0.4, -0.2) is 16.7 Å². The van der Waals surface area contributed by atoms with E-state index in [1.165, 1.54) is 6.92 Å². The molecule has 15 heavy (non-hydrogen) atoms. The van der Waals surface area contributed by atoms with E-state index in [0.29, 0.717) is 5.69 Å². The maximum atomic E-state index is 11.3. The fourth-order valence-electron chi connectivity index (χ4n) is 1.08. The summed E-state index contributed by atoms with van der Waals surface area (Å²) in [6.07, 6.45) is 1.41. The van der Waals surface area contributed by atoms with Crippen molar-refractivity contribution >= 4 is 29.0 Å². The number of ketones is 1. The van der Waals surface area contributed by atoms with Crippen LogP contribution in [0.3, 0.4) is 0 Å². The average Bonchev–Trinajstić information content (AvgIpc) is 2.10. The van der Waals surface area contributed by atoms with Gasteiger partial charge in [0.2, 0.25) is 5.91 Å². The van der Waals surface area contributed by atoms with Gasteiger partial charge in [0, 0.05) is 6.20 Å². The highest BCUT2D eigenvalue weighted by molar-refractivity contribution is 6.32. The van der Waals surface area contributed by atoms with Crippen molar-refractivity contribution in [2.75, 3.05) is 5.32 Å². The molecule has 80 valence electrons. The van der Waals surface area contributed by atoms with Gasteiger partial charge < -0.3 is 5.32 Å². The lowest BCUT2D eigenvalue weighted by Crippen LogP contribution is -2.16. The summed E-state index contributed by atoms with van der Waals surface area (Å²) < 4.78 is 0. The van der Waals surface area contributed by atoms with E-state index in [4.69, 9.17) is 11.6 Å². The quantitative estimate of drug-likeness (QED) is 0.633. The highest BCUT2D eigenvalue weighted by Crippen LogP contribution is 2.22. The summed E-state index contributed by atoms with van der Waals surface area (Å²) in [5, 5.41) is 2.78. The Balaban J connectivity index is 2.80. The normalized spacial score (nSPS) is 9.80. The molecular weight excluding hydrogens is 216 g/mol. The summed E-state index contributed by atoms with van der Waals surface area (Å²) in [5.74, 6) is -0.564. The molecule has 1 aromatic rings. The summed E-state index contributed by atoms with van der Waals surface area (Å²) in [7, 11) is 0. The number of nitrogens with one attached hydrogen (secondary N) is 1. The van der Waals surface area contributed by atoms with Crippen LogP contribution in [-0.2, 0) is 9.59 Å². The van der Waals surface area contributed by atoms with Crippen LogP contribution >= 0.6 is 11.6 Å². The van der Waals surface area contributed by atoms with E-state index in [1.54, 1.807) is 19.2 Å². The molecule has 0 saturated heterocycles. The fourth-order valence-corrected chi connectivity index (χ4v) is 1.34. The Hall–Kier alpha value is -1.42. The number of hydrogen-bond acceptors (Lipinski definition) is 3. The molecule has 0 aliphatic rings. The summed E-state index contributed by atoms with van der Waals surface area (Å²) in [6.45, 7) is 3.16. The van der Waals surface area contributed by atoms with Gasteiger partial charge in [0.1, 0.15) is 5.78 Å². The predicted molar refractivity (Wildman–Crippen MR) is 57.9 cm³/mol. The van der Waals surface area contributed by atoms with E-state index < -0.39 is 0 Å². The van der Waals surface area contributed by atoms with Crippen molar-refractivity contribution in [1.82, 2.24) is 4.98 Å². The molecule has 0 unspecified atom stereocenters. The first-order valence-electron chi connectivity index (χ1n) is 4.41. The molecule has 0 radical (unpaired) electrons. The molecule has 0 saturated carbocycles. The molecule has 1 heterocycles. The van der Waals surface area contributed by atoms with Gasteiger partial charge in [-0.2, -0.15) is 0 Å². The first kappa shape index (κ1) is 11.7. The number of hydrogen-bond donors (Lipinski definition) is 1. The summed E-state index contributed by atoms with van der Waals surface area (Å²) >= 11 is 5.80. The van der Waals surface area contributed by atoms with Crippen molar-refractivity contribution in [3.8, 4) is 0 Å². The van der Waals surface area contributed by atoms with Crippen molar-refractivity contribution in [1.29, 1.82) is 0 Å². The minimum Gasteiger partial charge on any atom is -0.323 e. The Morgan fingerprint density at radius 1 is 1.53 bits per heavy atom. The molecular formula is C10H11ClN2O2. The van der Waals surface area contributed by atoms with E-state index in [-0.39, 0.29) is 23.3 Å². The first-order chi connectivity index (χ1) is 7.00. The fraction of sp³-hybridized carbons (Fsp3) is 0.300. The zero-order chi connectivity index (χ0) is 11.4. The number of halogens is 1. The Labute approximate surface area is 92.7 Å². The van der Waals surface area contributed by atoms with Crippen molar-refractivity contribution in [2.24, 2.45) is 0 Å². The summed E-state index contributed by atoms with van der Waals surface area (Å²) in [5.41, 5.74) is 1.28. The van der Waals surface area contributed by atoms with Gasteiger partial charge >= 0.3 is 0 Å². The highest BCUT2D eigenvalue weighted by Gasteiger charge is 2.10. The van der Waals surface area contributed by atoms with Gasteiger partial charge in [-0.15, -0.1) is 0 Å². The molecule has 1 rings (SSSR count). The molecule has 4 nitrogen and oxygen atoms in total. The first-order valence-corrected chi connectivity index (χ1v) is 4.79. The maximum Gasteiger partial charge on any atom is 0.231 e. The van der Waals surface area contributed by atoms with Gasteiger partial charge in [-0.1, -0.05) is 11.6 Å². The number of aromatic nitrogens is 1. The molecule has 0 aromatic carbocycles. The molecule has 1 amide bonds. The molecule has 5 heteroatoms. The van der Waals surface area contributed by atoms with Gasteiger partial charge in [0.25, 0.3) is 0 Å². The summed E-state index contributed by atoms with van der Waals surface area (Å²) in [4.78, 5) is 25.9. The number of carbonyl (C=O) groups is 2. The second kappa shape index (κ2) is 4.89. The Kier molecular flexibility index (Phi) is 3.80.